The number of nitrogens with zero attached hydrogens (tertiary/aromatic N) is 3. The first-order chi connectivity index (χ1) is 18.3. The number of carbonyl (C=O) groups excluding carboxylic acids is 2. The van der Waals surface area contributed by atoms with E-state index in [-0.39, 0.29) is 29.4 Å². The maximum atomic E-state index is 13.8. The van der Waals surface area contributed by atoms with E-state index in [1.807, 2.05) is 10.8 Å². The first-order valence-electron chi connectivity index (χ1n) is 11.7. The number of carbonyl (C=O) groups is 2. The number of benzene rings is 2. The average Bonchev–Trinajstić information content (AvgIpc) is 3.65. The van der Waals surface area contributed by atoms with E-state index >= 15 is 0 Å². The second kappa shape index (κ2) is 10.3. The van der Waals surface area contributed by atoms with Gasteiger partial charge in [-0.2, -0.15) is 0 Å². The van der Waals surface area contributed by atoms with Gasteiger partial charge in [-0.25, -0.2) is 4.98 Å². The van der Waals surface area contributed by atoms with Crippen molar-refractivity contribution in [1.29, 1.82) is 0 Å². The molecule has 0 radical (unpaired) electrons. The van der Waals surface area contributed by atoms with Crippen LogP contribution in [0.2, 0.25) is 0 Å². The Balaban J connectivity index is 1.57. The number of hydrogen-bond donors (Lipinski definition) is 2. The number of fused-ring (bicyclic) bond motifs is 1. The van der Waals surface area contributed by atoms with Crippen molar-refractivity contribution in [2.75, 3.05) is 20.8 Å². The number of rotatable bonds is 9. The number of aryl methyl sites for hydroxylation is 1. The van der Waals surface area contributed by atoms with Gasteiger partial charge in [0.25, 0.3) is 5.91 Å². The van der Waals surface area contributed by atoms with Gasteiger partial charge in [0.2, 0.25) is 5.78 Å². The normalized spacial score (nSPS) is 15.5. The number of furan rings is 1. The summed E-state index contributed by atoms with van der Waals surface area (Å²) in [7, 11) is 2.89. The van der Waals surface area contributed by atoms with Crippen LogP contribution in [0.1, 0.15) is 28.6 Å². The number of aromatic hydroxyl groups is 1. The number of aromatic nitrogens is 2. The third kappa shape index (κ3) is 4.38. The lowest BCUT2D eigenvalue weighted by Gasteiger charge is -2.27. The molecule has 1 aliphatic rings. The van der Waals surface area contributed by atoms with Crippen LogP contribution >= 0.6 is 15.9 Å². The summed E-state index contributed by atoms with van der Waals surface area (Å²) in [4.78, 5) is 32.6. The molecule has 0 saturated carbocycles. The number of para-hydroxylation sites is 1. The fraction of sp³-hybridized carbons (Fsp3) is 0.222. The van der Waals surface area contributed by atoms with Crippen molar-refractivity contribution in [3.05, 3.63) is 82.2 Å². The van der Waals surface area contributed by atoms with Crippen molar-refractivity contribution < 1.29 is 33.7 Å². The van der Waals surface area contributed by atoms with Gasteiger partial charge in [0.15, 0.2) is 34.4 Å². The molecule has 3 heterocycles. The molecule has 0 aliphatic carbocycles. The van der Waals surface area contributed by atoms with E-state index in [1.165, 1.54) is 25.2 Å². The van der Waals surface area contributed by atoms with Gasteiger partial charge in [0.1, 0.15) is 0 Å². The second-order valence-electron chi connectivity index (χ2n) is 8.69. The maximum absolute atomic E-state index is 13.8. The van der Waals surface area contributed by atoms with Crippen LogP contribution in [0.15, 0.2) is 75.3 Å². The number of hydrogen-bond acceptors (Lipinski definition) is 8. The number of Topliss-reactive ketones (excluding diaryl/α,β-unsaturated/α-hetero) is 1. The fourth-order valence-corrected chi connectivity index (χ4v) is 5.11. The monoisotopic (exact) mass is 581 g/mol. The highest BCUT2D eigenvalue weighted by Crippen LogP contribution is 2.44. The summed E-state index contributed by atoms with van der Waals surface area (Å²) in [5.74, 6) is -1.55. The number of methoxy groups -OCH3 is 2. The van der Waals surface area contributed by atoms with Gasteiger partial charge in [0.05, 0.1) is 36.6 Å². The number of imidazole rings is 1. The molecule has 1 aliphatic heterocycles. The lowest BCUT2D eigenvalue weighted by atomic mass is 9.94. The number of amides is 1. The van der Waals surface area contributed by atoms with Gasteiger partial charge in [-0.05, 0) is 52.2 Å². The van der Waals surface area contributed by atoms with E-state index in [4.69, 9.17) is 13.9 Å². The zero-order valence-corrected chi connectivity index (χ0v) is 22.1. The summed E-state index contributed by atoms with van der Waals surface area (Å²) in [6, 6.07) is 8.97. The molecule has 4 aromatic rings. The van der Waals surface area contributed by atoms with Crippen LogP contribution in [0.3, 0.4) is 0 Å². The fourth-order valence-electron chi connectivity index (χ4n) is 4.65. The third-order valence-electron chi connectivity index (χ3n) is 6.46. The molecule has 0 fully saturated rings. The molecule has 10 nitrogen and oxygen atoms in total. The van der Waals surface area contributed by atoms with E-state index in [2.05, 4.69) is 20.9 Å². The number of aliphatic hydroxyl groups is 1. The molecule has 0 bridgehead atoms. The minimum atomic E-state index is -0.960. The highest BCUT2D eigenvalue weighted by molar-refractivity contribution is 9.10. The van der Waals surface area contributed by atoms with E-state index in [1.54, 1.807) is 42.9 Å². The first kappa shape index (κ1) is 25.4. The quantitative estimate of drug-likeness (QED) is 0.270. The summed E-state index contributed by atoms with van der Waals surface area (Å²) < 4.78 is 18.7. The summed E-state index contributed by atoms with van der Waals surface area (Å²) in [6.45, 7) is 0.809. The van der Waals surface area contributed by atoms with E-state index in [0.29, 0.717) is 39.7 Å². The number of phenols is 1. The smallest absolute Gasteiger partial charge is 0.290 e. The van der Waals surface area contributed by atoms with Gasteiger partial charge in [-0.3, -0.25) is 9.59 Å². The second-order valence-corrected chi connectivity index (χ2v) is 9.54. The minimum Gasteiger partial charge on any atom is -0.503 e. The molecule has 196 valence electrons. The molecule has 11 heteroatoms. The number of halogens is 1. The van der Waals surface area contributed by atoms with Crippen molar-refractivity contribution in [3.8, 4) is 17.2 Å². The molecule has 2 aromatic heterocycles. The van der Waals surface area contributed by atoms with Gasteiger partial charge in [-0.1, -0.05) is 12.1 Å². The molecule has 2 N–H and O–H groups in total. The van der Waals surface area contributed by atoms with Crippen molar-refractivity contribution in [3.63, 3.8) is 0 Å². The van der Waals surface area contributed by atoms with Gasteiger partial charge in [0, 0.05) is 30.9 Å². The van der Waals surface area contributed by atoms with Crippen molar-refractivity contribution in [1.82, 2.24) is 14.5 Å². The van der Waals surface area contributed by atoms with Crippen LogP contribution < -0.4 is 9.47 Å². The Morgan fingerprint density at radius 2 is 1.92 bits per heavy atom. The zero-order valence-electron chi connectivity index (χ0n) is 20.6. The van der Waals surface area contributed by atoms with E-state index in [0.717, 1.165) is 0 Å². The molecule has 5 rings (SSSR count). The average molecular weight is 582 g/mol. The number of ether oxygens (including phenoxy) is 2. The highest BCUT2D eigenvalue weighted by Gasteiger charge is 2.44. The molecule has 0 saturated heterocycles. The summed E-state index contributed by atoms with van der Waals surface area (Å²) >= 11 is 3.32. The van der Waals surface area contributed by atoms with Gasteiger partial charge in [-0.15, -0.1) is 0 Å². The van der Waals surface area contributed by atoms with Crippen molar-refractivity contribution in [2.24, 2.45) is 0 Å². The number of ketones is 1. The van der Waals surface area contributed by atoms with E-state index < -0.39 is 23.5 Å². The summed E-state index contributed by atoms with van der Waals surface area (Å²) in [6.07, 6.45) is 5.68. The first-order valence-corrected chi connectivity index (χ1v) is 12.5. The van der Waals surface area contributed by atoms with Crippen LogP contribution in [-0.2, 0) is 11.3 Å². The van der Waals surface area contributed by atoms with Crippen LogP contribution in [0.4, 0.5) is 0 Å². The summed E-state index contributed by atoms with van der Waals surface area (Å²) in [5.41, 5.74) is 0.712. The standard InChI is InChI=1S/C27H24BrN3O7/c1-36-18-6-3-5-15-12-20(38-26(15)18)24(33)21-22(16-11-17(28)23(32)19(13-16)37-2)31(27(35)25(21)34)9-4-8-30-10-7-29-14-30/h3,5-7,10-14,22,32,34H,4,8-9H2,1-2H3/t22-/m0/s1. The molecule has 1 amide bonds. The SMILES string of the molecule is COc1cc([C@H]2C(C(=O)c3cc4cccc(OC)c4o3)=C(O)C(=O)N2CCCn2ccnc2)cc(Br)c1O. The Morgan fingerprint density at radius 1 is 1.13 bits per heavy atom. The Morgan fingerprint density at radius 3 is 2.63 bits per heavy atom. The molecular formula is C27H24BrN3O7. The van der Waals surface area contributed by atoms with Crippen LogP contribution in [0, 0.1) is 0 Å². The third-order valence-corrected chi connectivity index (χ3v) is 7.07. The molecule has 1 atom stereocenters. The number of aliphatic hydroxyl groups excluding tert-OH is 1. The molecule has 0 unspecified atom stereocenters. The largest absolute Gasteiger partial charge is 0.503 e. The predicted octanol–water partition coefficient (Wildman–Crippen LogP) is 4.78. The lowest BCUT2D eigenvalue weighted by Crippen LogP contribution is -2.32. The number of phenolic OH excluding ortho intramolecular Hbond substituents is 1. The minimum absolute atomic E-state index is 0.0473. The molecular weight excluding hydrogens is 558 g/mol. The van der Waals surface area contributed by atoms with E-state index in [9.17, 15) is 19.8 Å². The Hall–Kier alpha value is -4.25. The summed E-state index contributed by atoms with van der Waals surface area (Å²) in [5, 5.41) is 22.0. The van der Waals surface area contributed by atoms with Crippen molar-refractivity contribution in [2.45, 2.75) is 19.0 Å². The molecule has 0 spiro atoms. The highest BCUT2D eigenvalue weighted by atomic mass is 79.9. The zero-order chi connectivity index (χ0) is 27.0. The molecule has 38 heavy (non-hydrogen) atoms. The van der Waals surface area contributed by atoms with Crippen LogP contribution in [0.25, 0.3) is 11.0 Å². The Bertz CT molecular complexity index is 1560. The Labute approximate surface area is 225 Å². The van der Waals surface area contributed by atoms with Crippen LogP contribution in [0.5, 0.6) is 17.2 Å². The van der Waals surface area contributed by atoms with Crippen LogP contribution in [-0.4, -0.2) is 57.1 Å². The topological polar surface area (TPSA) is 127 Å². The Kier molecular flexibility index (Phi) is 6.85. The van der Waals surface area contributed by atoms with Gasteiger partial charge >= 0.3 is 0 Å². The molecule has 2 aromatic carbocycles. The lowest BCUT2D eigenvalue weighted by molar-refractivity contribution is -0.129. The van der Waals surface area contributed by atoms with Crippen molar-refractivity contribution >= 4 is 38.6 Å². The predicted molar refractivity (Wildman–Crippen MR) is 140 cm³/mol. The van der Waals surface area contributed by atoms with Gasteiger partial charge < -0.3 is 33.6 Å². The maximum Gasteiger partial charge on any atom is 0.290 e.